The van der Waals surface area contributed by atoms with E-state index in [1.165, 1.54) is 6.07 Å². The van der Waals surface area contributed by atoms with Gasteiger partial charge in [-0.2, -0.15) is 0 Å². The molecule has 0 saturated carbocycles. The second-order valence-electron chi connectivity index (χ2n) is 5.41. The number of nitrogens with one attached hydrogen (secondary N) is 2. The van der Waals surface area contributed by atoms with E-state index < -0.39 is 24.9 Å². The van der Waals surface area contributed by atoms with Crippen molar-refractivity contribution < 1.29 is 18.4 Å². The van der Waals surface area contributed by atoms with E-state index in [1.807, 2.05) is 19.1 Å². The number of carbonyl (C=O) groups excluding carboxylic acids is 2. The highest BCUT2D eigenvalue weighted by atomic mass is 32.1. The minimum absolute atomic E-state index is 0.136. The predicted molar refractivity (Wildman–Crippen MR) is 94.4 cm³/mol. The molecule has 2 rings (SSSR count). The van der Waals surface area contributed by atoms with Crippen LogP contribution in [0.4, 0.5) is 13.8 Å². The van der Waals surface area contributed by atoms with E-state index in [2.05, 4.69) is 10.6 Å². The number of aryl methyl sites for hydroxylation is 1. The van der Waals surface area contributed by atoms with E-state index in [0.29, 0.717) is 10.6 Å². The van der Waals surface area contributed by atoms with E-state index in [1.54, 1.807) is 17.5 Å². The van der Waals surface area contributed by atoms with Crippen LogP contribution in [0.15, 0.2) is 35.7 Å². The third-order valence-corrected chi connectivity index (χ3v) is 4.40. The third kappa shape index (κ3) is 5.07. The molecule has 2 aromatic rings. The van der Waals surface area contributed by atoms with Gasteiger partial charge < -0.3 is 16.4 Å². The van der Waals surface area contributed by atoms with Crippen LogP contribution in [0.5, 0.6) is 0 Å². The molecule has 5 nitrogen and oxygen atoms in total. The van der Waals surface area contributed by atoms with Crippen LogP contribution in [0.25, 0.3) is 0 Å². The highest BCUT2D eigenvalue weighted by Gasteiger charge is 2.28. The number of halogens is 2. The highest BCUT2D eigenvalue weighted by Crippen LogP contribution is 2.24. The summed E-state index contributed by atoms with van der Waals surface area (Å²) in [4.78, 5) is 24.3. The van der Waals surface area contributed by atoms with Crippen LogP contribution < -0.4 is 16.4 Å². The lowest BCUT2D eigenvalue weighted by atomic mass is 10.1. The monoisotopic (exact) mass is 367 g/mol. The molecule has 4 N–H and O–H groups in total. The average molecular weight is 367 g/mol. The zero-order valence-electron chi connectivity index (χ0n) is 13.6. The Morgan fingerprint density at radius 2 is 1.84 bits per heavy atom. The molecule has 8 heteroatoms. The maximum atomic E-state index is 13.1. The van der Waals surface area contributed by atoms with Crippen molar-refractivity contribution in [3.8, 4) is 0 Å². The summed E-state index contributed by atoms with van der Waals surface area (Å²) in [6.45, 7) is 0.304. The lowest BCUT2D eigenvalue weighted by Gasteiger charge is -2.14. The van der Waals surface area contributed by atoms with Crippen molar-refractivity contribution in [2.45, 2.75) is 19.3 Å². The summed E-state index contributed by atoms with van der Waals surface area (Å²) in [5.74, 6) is -4.23. The van der Waals surface area contributed by atoms with Crippen LogP contribution in [-0.4, -0.2) is 30.8 Å². The van der Waals surface area contributed by atoms with E-state index >= 15 is 0 Å². The molecule has 0 aliphatic heterocycles. The first-order chi connectivity index (χ1) is 11.9. The smallest absolute Gasteiger partial charge is 0.277 e. The van der Waals surface area contributed by atoms with Crippen molar-refractivity contribution >= 4 is 28.2 Å². The lowest BCUT2D eigenvalue weighted by molar-refractivity contribution is 0.0119. The molecule has 0 bridgehead atoms. The molecule has 0 aliphatic carbocycles. The van der Waals surface area contributed by atoms with Gasteiger partial charge in [0, 0.05) is 5.56 Å². The largest absolute Gasteiger partial charge is 0.346 e. The Labute approximate surface area is 148 Å². The Morgan fingerprint density at radius 3 is 2.44 bits per heavy atom. The van der Waals surface area contributed by atoms with Crippen molar-refractivity contribution in [2.24, 2.45) is 5.73 Å². The van der Waals surface area contributed by atoms with Gasteiger partial charge in [-0.1, -0.05) is 19.1 Å². The highest BCUT2D eigenvalue weighted by molar-refractivity contribution is 7.14. The minimum Gasteiger partial charge on any atom is -0.346 e. The summed E-state index contributed by atoms with van der Waals surface area (Å²) >= 11 is 1.14. The summed E-state index contributed by atoms with van der Waals surface area (Å²) in [5.41, 5.74) is 6.63. The van der Waals surface area contributed by atoms with Gasteiger partial charge in [0.15, 0.2) is 0 Å². The van der Waals surface area contributed by atoms with Crippen molar-refractivity contribution in [1.29, 1.82) is 0 Å². The van der Waals surface area contributed by atoms with Gasteiger partial charge in [-0.3, -0.25) is 9.59 Å². The summed E-state index contributed by atoms with van der Waals surface area (Å²) in [6, 6.07) is 8.57. The van der Waals surface area contributed by atoms with Crippen LogP contribution in [0.1, 0.15) is 33.2 Å². The van der Waals surface area contributed by atoms with Gasteiger partial charge in [0.05, 0.1) is 18.7 Å². The molecule has 2 amide bonds. The molecule has 1 aromatic carbocycles. The zero-order valence-corrected chi connectivity index (χ0v) is 14.5. The molecule has 0 spiro atoms. The molecule has 0 unspecified atom stereocenters. The molecule has 0 fully saturated rings. The van der Waals surface area contributed by atoms with Crippen molar-refractivity contribution in [3.63, 3.8) is 0 Å². The Morgan fingerprint density at radius 1 is 1.16 bits per heavy atom. The molecule has 1 aromatic heterocycles. The van der Waals surface area contributed by atoms with E-state index in [0.717, 1.165) is 23.3 Å². The molecule has 0 atom stereocenters. The Hall–Kier alpha value is -2.32. The first-order valence-electron chi connectivity index (χ1n) is 7.70. The topological polar surface area (TPSA) is 84.2 Å². The number of carbonyl (C=O) groups is 2. The molecule has 0 aliphatic rings. The standard InChI is InChI=1S/C17H19F2N3O2S/c1-2-11-3-5-12(6-4-11)14(23)22-16-13(7-8-25-16)15(24)21-10-17(18,19)9-20/h3-8H,2,9-10,20H2,1H3,(H,21,24)(H,22,23). The third-order valence-electron chi connectivity index (χ3n) is 3.57. The van der Waals surface area contributed by atoms with Crippen LogP contribution in [-0.2, 0) is 6.42 Å². The molecule has 0 radical (unpaired) electrons. The van der Waals surface area contributed by atoms with Crippen LogP contribution in [0.2, 0.25) is 0 Å². The van der Waals surface area contributed by atoms with Gasteiger partial charge in [-0.25, -0.2) is 8.78 Å². The van der Waals surface area contributed by atoms with Gasteiger partial charge in [0.25, 0.3) is 17.7 Å². The number of alkyl halides is 2. The van der Waals surface area contributed by atoms with Crippen LogP contribution in [0.3, 0.4) is 0 Å². The second kappa shape index (κ2) is 8.17. The quantitative estimate of drug-likeness (QED) is 0.704. The van der Waals surface area contributed by atoms with E-state index in [4.69, 9.17) is 5.73 Å². The van der Waals surface area contributed by atoms with Crippen LogP contribution >= 0.6 is 11.3 Å². The summed E-state index contributed by atoms with van der Waals surface area (Å²) < 4.78 is 26.3. The maximum absolute atomic E-state index is 13.1. The molecule has 1 heterocycles. The van der Waals surface area contributed by atoms with E-state index in [-0.39, 0.29) is 11.5 Å². The summed E-state index contributed by atoms with van der Waals surface area (Å²) in [7, 11) is 0. The maximum Gasteiger partial charge on any atom is 0.277 e. The van der Waals surface area contributed by atoms with Gasteiger partial charge in [-0.15, -0.1) is 11.3 Å². The lowest BCUT2D eigenvalue weighted by Crippen LogP contribution is -2.41. The number of anilines is 1. The minimum atomic E-state index is -3.17. The molecule has 134 valence electrons. The Kier molecular flexibility index (Phi) is 6.22. The van der Waals surface area contributed by atoms with Crippen molar-refractivity contribution in [1.82, 2.24) is 5.32 Å². The number of hydrogen-bond donors (Lipinski definition) is 3. The van der Waals surface area contributed by atoms with Crippen molar-refractivity contribution in [3.05, 3.63) is 52.4 Å². The normalized spacial score (nSPS) is 11.2. The Bertz CT molecular complexity index is 745. The Balaban J connectivity index is 2.05. The summed E-state index contributed by atoms with van der Waals surface area (Å²) in [5, 5.41) is 6.68. The number of amides is 2. The molecule has 0 saturated heterocycles. The SMILES string of the molecule is CCc1ccc(C(=O)Nc2sccc2C(=O)NCC(F)(F)CN)cc1. The fraction of sp³-hybridized carbons (Fsp3) is 0.294. The predicted octanol–water partition coefficient (Wildman–Crippen LogP) is 2.89. The number of thiophene rings is 1. The molecular formula is C17H19F2N3O2S. The average Bonchev–Trinajstić information content (AvgIpc) is 3.08. The van der Waals surface area contributed by atoms with Gasteiger partial charge in [0.2, 0.25) is 0 Å². The van der Waals surface area contributed by atoms with Crippen molar-refractivity contribution in [2.75, 3.05) is 18.4 Å². The zero-order chi connectivity index (χ0) is 18.4. The number of hydrogen-bond acceptors (Lipinski definition) is 4. The summed E-state index contributed by atoms with van der Waals surface area (Å²) in [6.07, 6.45) is 0.866. The van der Waals surface area contributed by atoms with Gasteiger partial charge in [-0.05, 0) is 35.6 Å². The first-order valence-corrected chi connectivity index (χ1v) is 8.58. The second-order valence-corrected chi connectivity index (χ2v) is 6.33. The molecular weight excluding hydrogens is 348 g/mol. The van der Waals surface area contributed by atoms with Gasteiger partial charge in [0.1, 0.15) is 5.00 Å². The first kappa shape index (κ1) is 19.0. The fourth-order valence-corrected chi connectivity index (χ4v) is 2.81. The molecule has 25 heavy (non-hydrogen) atoms. The number of rotatable bonds is 7. The number of benzene rings is 1. The van der Waals surface area contributed by atoms with Gasteiger partial charge >= 0.3 is 0 Å². The fourth-order valence-electron chi connectivity index (χ4n) is 2.03. The van der Waals surface area contributed by atoms with Crippen LogP contribution in [0, 0.1) is 0 Å². The van der Waals surface area contributed by atoms with E-state index in [9.17, 15) is 18.4 Å². The number of nitrogens with two attached hydrogens (primary N) is 1.